The van der Waals surface area contributed by atoms with Crippen LogP contribution in [0.2, 0.25) is 0 Å². The molecule has 3 nitrogen and oxygen atoms in total. The summed E-state index contributed by atoms with van der Waals surface area (Å²) in [4.78, 5) is 2.35. The van der Waals surface area contributed by atoms with Crippen LogP contribution in [0, 0.1) is 0 Å². The Labute approximate surface area is 353 Å². The van der Waals surface area contributed by atoms with Gasteiger partial charge in [-0.05, 0) is 122 Å². The highest BCUT2D eigenvalue weighted by Gasteiger charge is 2.18. The van der Waals surface area contributed by atoms with Crippen LogP contribution in [0.3, 0.4) is 0 Å². The van der Waals surface area contributed by atoms with Gasteiger partial charge in [0.1, 0.15) is 22.3 Å². The maximum absolute atomic E-state index is 6.26. The van der Waals surface area contributed by atoms with Gasteiger partial charge in [-0.15, -0.1) is 0 Å². The molecule has 0 fully saturated rings. The van der Waals surface area contributed by atoms with Crippen molar-refractivity contribution in [2.24, 2.45) is 0 Å². The summed E-state index contributed by atoms with van der Waals surface area (Å²) in [6, 6.07) is 80.0. The highest BCUT2D eigenvalue weighted by atomic mass is 16.3. The predicted molar refractivity (Wildman–Crippen MR) is 255 cm³/mol. The van der Waals surface area contributed by atoms with Gasteiger partial charge < -0.3 is 13.7 Å². The minimum absolute atomic E-state index is 0.893. The SMILES string of the molecule is c1cc(-c2cccc(N(c3ccc(-c4cccc5oc6ccccc6c45)cc3)c3ccc(-c4cccc5oc6ccccc6c45)cc3)c2)cc(-c2cccc3ccccc23)c1. The highest BCUT2D eigenvalue weighted by Crippen LogP contribution is 2.43. The van der Waals surface area contributed by atoms with Crippen molar-refractivity contribution in [2.45, 2.75) is 0 Å². The van der Waals surface area contributed by atoms with E-state index in [1.165, 1.54) is 27.5 Å². The smallest absolute Gasteiger partial charge is 0.136 e. The second-order valence-electron chi connectivity index (χ2n) is 15.6. The van der Waals surface area contributed by atoms with E-state index in [1.54, 1.807) is 0 Å². The molecule has 0 saturated heterocycles. The van der Waals surface area contributed by atoms with Crippen LogP contribution < -0.4 is 4.90 Å². The average Bonchev–Trinajstić information content (AvgIpc) is 3.91. The standard InChI is InChI=1S/C58H37NO2/c1-2-18-47-38(12-1)13-9-21-48(47)43-16-7-14-41(36-43)42-15-8-17-46(37-42)59(44-32-28-39(29-33-44)49-22-10-26-55-57(49)51-19-3-5-24-53(51)60-55)45-34-30-40(31-35-45)50-23-11-27-56-58(50)52-20-4-6-25-54(52)61-56/h1-37H. The van der Waals surface area contributed by atoms with Gasteiger partial charge in [-0.3, -0.25) is 0 Å². The van der Waals surface area contributed by atoms with Crippen molar-refractivity contribution in [3.8, 4) is 44.5 Å². The molecule has 10 aromatic carbocycles. The number of furan rings is 2. The molecule has 12 rings (SSSR count). The predicted octanol–water partition coefficient (Wildman–Crippen LogP) is 16.8. The zero-order valence-corrected chi connectivity index (χ0v) is 33.1. The number of hydrogen-bond donors (Lipinski definition) is 0. The van der Waals surface area contributed by atoms with Crippen LogP contribution in [-0.2, 0) is 0 Å². The Bertz CT molecular complexity index is 3430. The van der Waals surface area contributed by atoms with Gasteiger partial charge in [0, 0.05) is 38.6 Å². The van der Waals surface area contributed by atoms with Crippen molar-refractivity contribution in [1.82, 2.24) is 0 Å². The Morgan fingerprint density at radius 1 is 0.262 bits per heavy atom. The molecule has 0 radical (unpaired) electrons. The van der Waals surface area contributed by atoms with Crippen LogP contribution in [-0.4, -0.2) is 0 Å². The summed E-state index contributed by atoms with van der Waals surface area (Å²) < 4.78 is 12.5. The van der Waals surface area contributed by atoms with Crippen molar-refractivity contribution < 1.29 is 8.83 Å². The number of fused-ring (bicyclic) bond motifs is 7. The van der Waals surface area contributed by atoms with Gasteiger partial charge in [0.25, 0.3) is 0 Å². The normalized spacial score (nSPS) is 11.6. The second kappa shape index (κ2) is 14.3. The van der Waals surface area contributed by atoms with E-state index in [9.17, 15) is 0 Å². The summed E-state index contributed by atoms with van der Waals surface area (Å²) in [5.74, 6) is 0. The van der Waals surface area contributed by atoms with Crippen molar-refractivity contribution in [3.05, 3.63) is 224 Å². The molecule has 0 amide bonds. The molecule has 2 aromatic heterocycles. The van der Waals surface area contributed by atoms with Crippen molar-refractivity contribution in [1.29, 1.82) is 0 Å². The van der Waals surface area contributed by atoms with Gasteiger partial charge in [-0.25, -0.2) is 0 Å². The first-order valence-corrected chi connectivity index (χ1v) is 20.7. The van der Waals surface area contributed by atoms with Crippen molar-refractivity contribution >= 4 is 71.7 Å². The number of rotatable bonds is 7. The summed E-state index contributed by atoms with van der Waals surface area (Å²) in [7, 11) is 0. The van der Waals surface area contributed by atoms with Crippen LogP contribution in [0.15, 0.2) is 233 Å². The molecule has 0 unspecified atom stereocenters. The first-order valence-electron chi connectivity index (χ1n) is 20.7. The molecule has 286 valence electrons. The van der Waals surface area contributed by atoms with Crippen molar-refractivity contribution in [3.63, 3.8) is 0 Å². The van der Waals surface area contributed by atoms with E-state index in [4.69, 9.17) is 8.83 Å². The Morgan fingerprint density at radius 3 is 1.33 bits per heavy atom. The molecule has 0 bridgehead atoms. The first-order chi connectivity index (χ1) is 30.2. The Morgan fingerprint density at radius 2 is 0.705 bits per heavy atom. The Balaban J connectivity index is 0.971. The van der Waals surface area contributed by atoms with E-state index in [0.29, 0.717) is 0 Å². The summed E-state index contributed by atoms with van der Waals surface area (Å²) in [6.07, 6.45) is 0. The number of benzene rings is 10. The number of nitrogens with zero attached hydrogens (tertiary/aromatic N) is 1. The van der Waals surface area contributed by atoms with Gasteiger partial charge in [0.2, 0.25) is 0 Å². The number of hydrogen-bond acceptors (Lipinski definition) is 3. The van der Waals surface area contributed by atoms with E-state index < -0.39 is 0 Å². The summed E-state index contributed by atoms with van der Waals surface area (Å²) in [5.41, 5.74) is 16.1. The van der Waals surface area contributed by atoms with Crippen LogP contribution in [0.4, 0.5) is 17.1 Å². The summed E-state index contributed by atoms with van der Waals surface area (Å²) >= 11 is 0. The fraction of sp³-hybridized carbons (Fsp3) is 0. The fourth-order valence-corrected chi connectivity index (χ4v) is 9.23. The molecule has 2 heterocycles. The quantitative estimate of drug-likeness (QED) is 0.161. The lowest BCUT2D eigenvalue weighted by atomic mass is 9.95. The van der Waals surface area contributed by atoms with Gasteiger partial charge in [-0.1, -0.05) is 158 Å². The van der Waals surface area contributed by atoms with E-state index in [-0.39, 0.29) is 0 Å². The lowest BCUT2D eigenvalue weighted by Crippen LogP contribution is -2.10. The molecule has 0 spiro atoms. The second-order valence-corrected chi connectivity index (χ2v) is 15.6. The summed E-state index contributed by atoms with van der Waals surface area (Å²) in [5, 5.41) is 7.01. The molecule has 0 aliphatic heterocycles. The lowest BCUT2D eigenvalue weighted by molar-refractivity contribution is 0.668. The van der Waals surface area contributed by atoms with Crippen LogP contribution in [0.5, 0.6) is 0 Å². The number of anilines is 3. The lowest BCUT2D eigenvalue weighted by Gasteiger charge is -2.26. The van der Waals surface area contributed by atoms with Gasteiger partial charge in [0.15, 0.2) is 0 Å². The molecule has 0 aliphatic carbocycles. The largest absolute Gasteiger partial charge is 0.456 e. The molecule has 3 heteroatoms. The maximum atomic E-state index is 6.26. The third-order valence-corrected chi connectivity index (χ3v) is 12.1. The van der Waals surface area contributed by atoms with Gasteiger partial charge in [-0.2, -0.15) is 0 Å². The third-order valence-electron chi connectivity index (χ3n) is 12.1. The molecule has 0 N–H and O–H groups in total. The van der Waals surface area contributed by atoms with Crippen molar-refractivity contribution in [2.75, 3.05) is 4.90 Å². The third kappa shape index (κ3) is 5.98. The van der Waals surface area contributed by atoms with E-state index in [0.717, 1.165) is 88.8 Å². The summed E-state index contributed by atoms with van der Waals surface area (Å²) in [6.45, 7) is 0. The average molecular weight is 780 g/mol. The molecular formula is C58H37NO2. The van der Waals surface area contributed by atoms with E-state index >= 15 is 0 Å². The maximum Gasteiger partial charge on any atom is 0.136 e. The van der Waals surface area contributed by atoms with Crippen LogP contribution >= 0.6 is 0 Å². The van der Waals surface area contributed by atoms with Gasteiger partial charge >= 0.3 is 0 Å². The zero-order valence-electron chi connectivity index (χ0n) is 33.1. The molecule has 0 saturated carbocycles. The Kier molecular flexibility index (Phi) is 8.17. The molecule has 0 atom stereocenters. The number of para-hydroxylation sites is 2. The van der Waals surface area contributed by atoms with E-state index in [2.05, 4.69) is 205 Å². The topological polar surface area (TPSA) is 29.5 Å². The van der Waals surface area contributed by atoms with Gasteiger partial charge in [0.05, 0.1) is 0 Å². The highest BCUT2D eigenvalue weighted by molar-refractivity contribution is 6.13. The first kappa shape index (κ1) is 34.9. The molecular weight excluding hydrogens is 743 g/mol. The van der Waals surface area contributed by atoms with E-state index in [1.807, 2.05) is 24.3 Å². The molecule has 12 aromatic rings. The van der Waals surface area contributed by atoms with Crippen LogP contribution in [0.25, 0.3) is 99.2 Å². The minimum atomic E-state index is 0.893. The fourth-order valence-electron chi connectivity index (χ4n) is 9.23. The monoisotopic (exact) mass is 779 g/mol. The molecule has 0 aliphatic rings. The Hall–Kier alpha value is -8.14. The zero-order chi connectivity index (χ0) is 40.3. The molecule has 61 heavy (non-hydrogen) atoms. The van der Waals surface area contributed by atoms with Crippen LogP contribution in [0.1, 0.15) is 0 Å². The minimum Gasteiger partial charge on any atom is -0.456 e.